The molecule has 3 heteroatoms. The van der Waals surface area contributed by atoms with E-state index < -0.39 is 5.54 Å². The highest BCUT2D eigenvalue weighted by Gasteiger charge is 2.43. The number of Topliss-reactive ketones (excluding diaryl/α,β-unsaturated/α-hetero) is 1. The molecule has 0 aromatic carbocycles. The number of carbonyl (C=O) groups is 2. The predicted molar refractivity (Wildman–Crippen MR) is 41.3 cm³/mol. The van der Waals surface area contributed by atoms with Crippen LogP contribution in [0.3, 0.4) is 0 Å². The minimum Gasteiger partial charge on any atom is -0.301 e. The van der Waals surface area contributed by atoms with Gasteiger partial charge in [0, 0.05) is 19.5 Å². The van der Waals surface area contributed by atoms with Crippen molar-refractivity contribution >= 4 is 12.1 Å². The molecular weight excluding hydrogens is 142 g/mol. The normalized spacial score (nSPS) is 22.4. The summed E-state index contributed by atoms with van der Waals surface area (Å²) in [4.78, 5) is 23.8. The second kappa shape index (κ2) is 2.74. The predicted octanol–water partition coefficient (Wildman–Crippen LogP) is 0.239. The minimum absolute atomic E-state index is 0.0185. The van der Waals surface area contributed by atoms with Gasteiger partial charge in [-0.3, -0.25) is 9.69 Å². The molecule has 0 amide bonds. The van der Waals surface area contributed by atoms with Gasteiger partial charge in [0.2, 0.25) is 0 Å². The molecule has 1 heterocycles. The molecule has 0 radical (unpaired) electrons. The third-order valence-corrected chi connectivity index (χ3v) is 2.22. The average molecular weight is 155 g/mol. The van der Waals surface area contributed by atoms with Crippen molar-refractivity contribution in [3.05, 3.63) is 0 Å². The zero-order valence-corrected chi connectivity index (χ0v) is 6.96. The van der Waals surface area contributed by atoms with E-state index in [-0.39, 0.29) is 5.78 Å². The molecule has 1 unspecified atom stereocenters. The first-order valence-corrected chi connectivity index (χ1v) is 3.90. The maximum atomic E-state index is 11.3. The number of aldehydes is 1. The Morgan fingerprint density at radius 2 is 2.18 bits per heavy atom. The molecule has 0 aromatic heterocycles. The molecule has 1 fully saturated rings. The van der Waals surface area contributed by atoms with Crippen LogP contribution in [-0.2, 0) is 9.59 Å². The van der Waals surface area contributed by atoms with E-state index >= 15 is 0 Å². The Hall–Kier alpha value is -0.700. The molecule has 1 atom stereocenters. The highest BCUT2D eigenvalue weighted by atomic mass is 16.1. The van der Waals surface area contributed by atoms with Crippen LogP contribution in [0.2, 0.25) is 0 Å². The fourth-order valence-corrected chi connectivity index (χ4v) is 1.19. The molecule has 0 bridgehead atoms. The molecule has 0 N–H and O–H groups in total. The van der Waals surface area contributed by atoms with Gasteiger partial charge in [-0.1, -0.05) is 6.92 Å². The van der Waals surface area contributed by atoms with Gasteiger partial charge in [0.1, 0.15) is 11.8 Å². The fraction of sp³-hybridized carbons (Fsp3) is 0.750. The van der Waals surface area contributed by atoms with Crippen LogP contribution in [-0.4, -0.2) is 35.6 Å². The zero-order chi connectivity index (χ0) is 8.48. The van der Waals surface area contributed by atoms with Crippen LogP contribution in [0.25, 0.3) is 0 Å². The first kappa shape index (κ1) is 8.40. The third-order valence-electron chi connectivity index (χ3n) is 2.22. The van der Waals surface area contributed by atoms with Gasteiger partial charge in [-0.2, -0.15) is 0 Å². The van der Waals surface area contributed by atoms with Crippen LogP contribution in [0.5, 0.6) is 0 Å². The molecule has 62 valence electrons. The lowest BCUT2D eigenvalue weighted by molar-refractivity contribution is -0.132. The molecule has 1 rings (SSSR count). The van der Waals surface area contributed by atoms with Crippen LogP contribution in [0.15, 0.2) is 0 Å². The van der Waals surface area contributed by atoms with E-state index in [9.17, 15) is 9.59 Å². The highest BCUT2D eigenvalue weighted by molar-refractivity contribution is 6.02. The molecule has 1 saturated heterocycles. The summed E-state index contributed by atoms with van der Waals surface area (Å²) in [5.74, 6) is 0.0185. The van der Waals surface area contributed by atoms with Gasteiger partial charge in [0.15, 0.2) is 5.78 Å². The van der Waals surface area contributed by atoms with E-state index in [0.717, 1.165) is 19.4 Å². The molecule has 0 spiro atoms. The molecule has 1 aliphatic rings. The van der Waals surface area contributed by atoms with Crippen molar-refractivity contribution < 1.29 is 9.59 Å². The Labute approximate surface area is 66.4 Å². The highest BCUT2D eigenvalue weighted by Crippen LogP contribution is 2.22. The van der Waals surface area contributed by atoms with Gasteiger partial charge in [-0.25, -0.2) is 0 Å². The van der Waals surface area contributed by atoms with E-state index in [2.05, 4.69) is 0 Å². The number of ketones is 1. The van der Waals surface area contributed by atoms with E-state index in [1.807, 2.05) is 4.90 Å². The Balaban J connectivity index is 2.72. The van der Waals surface area contributed by atoms with E-state index in [1.54, 1.807) is 13.8 Å². The lowest BCUT2D eigenvalue weighted by Gasteiger charge is -2.21. The number of nitrogens with zero attached hydrogens (tertiary/aromatic N) is 1. The van der Waals surface area contributed by atoms with Crippen LogP contribution < -0.4 is 0 Å². The second-order valence-electron chi connectivity index (χ2n) is 3.03. The SMILES string of the molecule is CCC(=O)C(C)(C=O)N1CC1. The third kappa shape index (κ3) is 1.33. The van der Waals surface area contributed by atoms with Gasteiger partial charge in [-0.15, -0.1) is 0 Å². The number of hydrogen-bond acceptors (Lipinski definition) is 3. The standard InChI is InChI=1S/C8H13NO2/c1-3-7(11)8(2,6-10)9-4-5-9/h6H,3-5H2,1-2H3. The maximum Gasteiger partial charge on any atom is 0.159 e. The Morgan fingerprint density at radius 1 is 1.64 bits per heavy atom. The first-order chi connectivity index (χ1) is 5.15. The van der Waals surface area contributed by atoms with Crippen molar-refractivity contribution in [3.63, 3.8) is 0 Å². The van der Waals surface area contributed by atoms with Crippen LogP contribution in [0, 0.1) is 0 Å². The molecule has 0 saturated carbocycles. The molecule has 3 nitrogen and oxygen atoms in total. The van der Waals surface area contributed by atoms with Crippen molar-refractivity contribution in [1.29, 1.82) is 0 Å². The molecular formula is C8H13NO2. The maximum absolute atomic E-state index is 11.3. The summed E-state index contributed by atoms with van der Waals surface area (Å²) in [6.07, 6.45) is 1.19. The lowest BCUT2D eigenvalue weighted by Crippen LogP contribution is -2.44. The summed E-state index contributed by atoms with van der Waals surface area (Å²) in [6, 6.07) is 0. The molecule has 1 aliphatic heterocycles. The Morgan fingerprint density at radius 3 is 2.45 bits per heavy atom. The van der Waals surface area contributed by atoms with Gasteiger partial charge < -0.3 is 4.79 Å². The van der Waals surface area contributed by atoms with Crippen molar-refractivity contribution in [3.8, 4) is 0 Å². The van der Waals surface area contributed by atoms with Crippen molar-refractivity contribution in [2.45, 2.75) is 25.8 Å². The summed E-state index contributed by atoms with van der Waals surface area (Å²) in [5, 5.41) is 0. The quantitative estimate of drug-likeness (QED) is 0.331. The summed E-state index contributed by atoms with van der Waals surface area (Å²) >= 11 is 0. The minimum atomic E-state index is -0.825. The van der Waals surface area contributed by atoms with Crippen LogP contribution in [0.4, 0.5) is 0 Å². The average Bonchev–Trinajstić information content (AvgIpc) is 2.84. The Bertz CT molecular complexity index is 187. The number of rotatable bonds is 4. The first-order valence-electron chi connectivity index (χ1n) is 3.90. The van der Waals surface area contributed by atoms with Crippen molar-refractivity contribution in [2.75, 3.05) is 13.1 Å². The zero-order valence-electron chi connectivity index (χ0n) is 6.96. The second-order valence-corrected chi connectivity index (χ2v) is 3.03. The van der Waals surface area contributed by atoms with Crippen LogP contribution in [0.1, 0.15) is 20.3 Å². The van der Waals surface area contributed by atoms with E-state index in [4.69, 9.17) is 0 Å². The number of carbonyl (C=O) groups excluding carboxylic acids is 2. The largest absolute Gasteiger partial charge is 0.301 e. The molecule has 11 heavy (non-hydrogen) atoms. The van der Waals surface area contributed by atoms with Gasteiger partial charge in [-0.05, 0) is 6.92 Å². The van der Waals surface area contributed by atoms with E-state index in [1.165, 1.54) is 0 Å². The summed E-state index contributed by atoms with van der Waals surface area (Å²) < 4.78 is 0. The number of hydrogen-bond donors (Lipinski definition) is 0. The summed E-state index contributed by atoms with van der Waals surface area (Å²) in [6.45, 7) is 5.23. The topological polar surface area (TPSA) is 37.1 Å². The van der Waals surface area contributed by atoms with Gasteiger partial charge >= 0.3 is 0 Å². The monoisotopic (exact) mass is 155 g/mol. The molecule has 0 aromatic rings. The van der Waals surface area contributed by atoms with E-state index in [0.29, 0.717) is 6.42 Å². The van der Waals surface area contributed by atoms with Gasteiger partial charge in [0.05, 0.1) is 0 Å². The van der Waals surface area contributed by atoms with Crippen molar-refractivity contribution in [1.82, 2.24) is 4.90 Å². The fourth-order valence-electron chi connectivity index (χ4n) is 1.19. The summed E-state index contributed by atoms with van der Waals surface area (Å²) in [7, 11) is 0. The Kier molecular flexibility index (Phi) is 2.09. The lowest BCUT2D eigenvalue weighted by atomic mass is 9.96. The van der Waals surface area contributed by atoms with Crippen molar-refractivity contribution in [2.24, 2.45) is 0 Å². The molecule has 0 aliphatic carbocycles. The van der Waals surface area contributed by atoms with Gasteiger partial charge in [0.25, 0.3) is 0 Å². The smallest absolute Gasteiger partial charge is 0.159 e. The van der Waals surface area contributed by atoms with Crippen LogP contribution >= 0.6 is 0 Å². The summed E-state index contributed by atoms with van der Waals surface area (Å²) in [5.41, 5.74) is -0.825.